The van der Waals surface area contributed by atoms with Crippen LogP contribution in [-0.4, -0.2) is 47.1 Å². The van der Waals surface area contributed by atoms with E-state index >= 15 is 0 Å². The van der Waals surface area contributed by atoms with Gasteiger partial charge in [0.1, 0.15) is 22.3 Å². The fourth-order valence-corrected chi connectivity index (χ4v) is 6.23. The second-order valence-corrected chi connectivity index (χ2v) is 10.7. The van der Waals surface area contributed by atoms with Gasteiger partial charge in [-0.3, -0.25) is 0 Å². The molecule has 1 aliphatic heterocycles. The summed E-state index contributed by atoms with van der Waals surface area (Å²) >= 11 is 1.84. The molecule has 6 nitrogen and oxygen atoms in total. The van der Waals surface area contributed by atoms with Crippen LogP contribution in [-0.2, 0) is 12.8 Å². The first-order valence-electron chi connectivity index (χ1n) is 12.3. The van der Waals surface area contributed by atoms with E-state index in [2.05, 4.69) is 31.0 Å². The number of halogens is 1. The predicted octanol–water partition coefficient (Wildman–Crippen LogP) is 5.82. The van der Waals surface area contributed by atoms with Crippen molar-refractivity contribution >= 4 is 39.1 Å². The number of aromatic nitrogens is 2. The Morgan fingerprint density at radius 2 is 2.00 bits per heavy atom. The number of para-hydroxylation sites is 1. The van der Waals surface area contributed by atoms with E-state index in [9.17, 15) is 9.18 Å². The third-order valence-corrected chi connectivity index (χ3v) is 8.34. The van der Waals surface area contributed by atoms with E-state index < -0.39 is 5.82 Å². The Bertz CT molecular complexity index is 1200. The largest absolute Gasteiger partial charge is 0.352 e. The highest BCUT2D eigenvalue weighted by Crippen LogP contribution is 2.42. The van der Waals surface area contributed by atoms with E-state index in [0.717, 1.165) is 35.7 Å². The van der Waals surface area contributed by atoms with Crippen molar-refractivity contribution in [2.45, 2.75) is 52.4 Å². The van der Waals surface area contributed by atoms with Crippen LogP contribution in [0.3, 0.4) is 0 Å². The molecule has 1 aliphatic carbocycles. The summed E-state index contributed by atoms with van der Waals surface area (Å²) in [6.07, 6.45) is 4.41. The maximum absolute atomic E-state index is 14.0. The molecule has 0 bridgehead atoms. The molecule has 3 aromatic rings. The third-order valence-electron chi connectivity index (χ3n) is 7.19. The zero-order chi connectivity index (χ0) is 23.8. The molecule has 180 valence electrons. The quantitative estimate of drug-likeness (QED) is 0.510. The minimum absolute atomic E-state index is 0.213. The topological polar surface area (TPSA) is 61.4 Å². The molecule has 34 heavy (non-hydrogen) atoms. The van der Waals surface area contributed by atoms with Crippen molar-refractivity contribution in [2.24, 2.45) is 5.92 Å². The number of rotatable bonds is 4. The lowest BCUT2D eigenvalue weighted by Gasteiger charge is -2.36. The SMILES string of the molecule is CC[C@H](C)c1nc(N2CCN(C(=O)Nc3ccccc3F)CC2)c2c3c(sc2n1)C[C@H](C)CC3. The Morgan fingerprint density at radius 3 is 2.74 bits per heavy atom. The molecular formula is C26H32FN5OS. The molecule has 2 aliphatic rings. The fraction of sp³-hybridized carbons (Fsp3) is 0.500. The Morgan fingerprint density at radius 1 is 1.24 bits per heavy atom. The van der Waals surface area contributed by atoms with E-state index in [0.29, 0.717) is 38.0 Å². The molecule has 2 aromatic heterocycles. The van der Waals surface area contributed by atoms with Crippen LogP contribution in [0.5, 0.6) is 0 Å². The first kappa shape index (κ1) is 23.0. The van der Waals surface area contributed by atoms with Gasteiger partial charge in [-0.05, 0) is 49.3 Å². The lowest BCUT2D eigenvalue weighted by molar-refractivity contribution is 0.208. The Hall–Kier alpha value is -2.74. The molecule has 1 N–H and O–H groups in total. The molecule has 0 radical (unpaired) electrons. The maximum atomic E-state index is 14.0. The van der Waals surface area contributed by atoms with Crippen molar-refractivity contribution in [2.75, 3.05) is 36.4 Å². The molecular weight excluding hydrogens is 449 g/mol. The van der Waals surface area contributed by atoms with Crippen LogP contribution in [0.15, 0.2) is 24.3 Å². The van der Waals surface area contributed by atoms with Gasteiger partial charge in [-0.2, -0.15) is 0 Å². The van der Waals surface area contributed by atoms with Crippen LogP contribution in [0, 0.1) is 11.7 Å². The molecule has 8 heteroatoms. The average Bonchev–Trinajstić information content (AvgIpc) is 3.21. The van der Waals surface area contributed by atoms with Gasteiger partial charge >= 0.3 is 6.03 Å². The number of nitrogens with one attached hydrogen (secondary N) is 1. The lowest BCUT2D eigenvalue weighted by Crippen LogP contribution is -2.50. The Balaban J connectivity index is 1.40. The minimum Gasteiger partial charge on any atom is -0.352 e. The minimum atomic E-state index is -0.424. The Labute approximate surface area is 204 Å². The number of hydrogen-bond donors (Lipinski definition) is 1. The van der Waals surface area contributed by atoms with Gasteiger partial charge in [-0.1, -0.05) is 32.9 Å². The van der Waals surface area contributed by atoms with Crippen LogP contribution in [0.1, 0.15) is 55.8 Å². The van der Waals surface area contributed by atoms with E-state index in [1.165, 1.54) is 28.3 Å². The first-order valence-corrected chi connectivity index (χ1v) is 13.1. The number of benzene rings is 1. The molecule has 1 aromatic carbocycles. The number of piperazine rings is 1. The molecule has 5 rings (SSSR count). The van der Waals surface area contributed by atoms with Crippen LogP contribution in [0.4, 0.5) is 20.7 Å². The van der Waals surface area contributed by atoms with Gasteiger partial charge in [0.25, 0.3) is 0 Å². The molecule has 3 heterocycles. The van der Waals surface area contributed by atoms with Gasteiger partial charge in [-0.25, -0.2) is 19.2 Å². The van der Waals surface area contributed by atoms with Gasteiger partial charge < -0.3 is 15.1 Å². The summed E-state index contributed by atoms with van der Waals surface area (Å²) < 4.78 is 14.0. The monoisotopic (exact) mass is 481 g/mol. The van der Waals surface area contributed by atoms with Crippen molar-refractivity contribution in [1.29, 1.82) is 0 Å². The van der Waals surface area contributed by atoms with Gasteiger partial charge in [0.15, 0.2) is 0 Å². The molecule has 1 saturated heterocycles. The van der Waals surface area contributed by atoms with E-state index in [1.54, 1.807) is 23.1 Å². The summed E-state index contributed by atoms with van der Waals surface area (Å²) in [6, 6.07) is 6.00. The normalized spacial score (nSPS) is 19.2. The number of thiophene rings is 1. The summed E-state index contributed by atoms with van der Waals surface area (Å²) in [4.78, 5) is 29.5. The fourth-order valence-electron chi connectivity index (χ4n) is 4.85. The zero-order valence-corrected chi connectivity index (χ0v) is 20.9. The van der Waals surface area contributed by atoms with E-state index in [1.807, 2.05) is 11.3 Å². The number of aryl methyl sites for hydroxylation is 1. The maximum Gasteiger partial charge on any atom is 0.322 e. The number of fused-ring (bicyclic) bond motifs is 3. The number of hydrogen-bond acceptors (Lipinski definition) is 5. The number of anilines is 2. The first-order chi connectivity index (χ1) is 16.4. The number of nitrogens with zero attached hydrogens (tertiary/aromatic N) is 4. The average molecular weight is 482 g/mol. The Kier molecular flexibility index (Phi) is 6.42. The highest BCUT2D eigenvalue weighted by Gasteiger charge is 2.29. The summed E-state index contributed by atoms with van der Waals surface area (Å²) in [5, 5.41) is 3.93. The molecule has 0 saturated carbocycles. The summed E-state index contributed by atoms with van der Waals surface area (Å²) in [7, 11) is 0. The van der Waals surface area contributed by atoms with E-state index in [4.69, 9.17) is 9.97 Å². The number of amides is 2. The van der Waals surface area contributed by atoms with Crippen molar-refractivity contribution < 1.29 is 9.18 Å². The van der Waals surface area contributed by atoms with Crippen LogP contribution in [0.25, 0.3) is 10.2 Å². The van der Waals surface area contributed by atoms with Gasteiger partial charge in [0, 0.05) is 37.0 Å². The van der Waals surface area contributed by atoms with Crippen molar-refractivity contribution in [1.82, 2.24) is 14.9 Å². The summed E-state index contributed by atoms with van der Waals surface area (Å²) in [6.45, 7) is 9.20. The molecule has 0 unspecified atom stereocenters. The van der Waals surface area contributed by atoms with Crippen LogP contribution < -0.4 is 10.2 Å². The molecule has 0 spiro atoms. The van der Waals surface area contributed by atoms with Gasteiger partial charge in [0.05, 0.1) is 11.1 Å². The summed E-state index contributed by atoms with van der Waals surface area (Å²) in [5.74, 6) is 2.53. The van der Waals surface area contributed by atoms with Crippen molar-refractivity contribution in [3.05, 3.63) is 46.3 Å². The molecule has 1 fully saturated rings. The van der Waals surface area contributed by atoms with E-state index in [-0.39, 0.29) is 11.7 Å². The smallest absolute Gasteiger partial charge is 0.322 e. The predicted molar refractivity (Wildman–Crippen MR) is 137 cm³/mol. The molecule has 2 atom stereocenters. The highest BCUT2D eigenvalue weighted by molar-refractivity contribution is 7.19. The number of carbonyl (C=O) groups is 1. The van der Waals surface area contributed by atoms with Gasteiger partial charge in [-0.15, -0.1) is 11.3 Å². The second kappa shape index (κ2) is 9.49. The van der Waals surface area contributed by atoms with Crippen LogP contribution >= 0.6 is 11.3 Å². The number of urea groups is 1. The van der Waals surface area contributed by atoms with Crippen molar-refractivity contribution in [3.8, 4) is 0 Å². The molecule has 2 amide bonds. The van der Waals surface area contributed by atoms with Gasteiger partial charge in [0.2, 0.25) is 0 Å². The van der Waals surface area contributed by atoms with Crippen molar-refractivity contribution in [3.63, 3.8) is 0 Å². The van der Waals surface area contributed by atoms with Crippen LogP contribution in [0.2, 0.25) is 0 Å². The lowest BCUT2D eigenvalue weighted by atomic mass is 9.89. The standard InChI is InChI=1S/C26H32FN5OS/c1-4-17(3)23-29-24(22-18-10-9-16(2)15-21(18)34-25(22)30-23)31-11-13-32(14-12-31)26(33)28-20-8-6-5-7-19(20)27/h5-8,16-17H,4,9-15H2,1-3H3,(H,28,33)/t16-,17+/m1/s1. The highest BCUT2D eigenvalue weighted by atomic mass is 32.1. The number of carbonyl (C=O) groups excluding carboxylic acids is 1. The second-order valence-electron chi connectivity index (χ2n) is 9.63. The zero-order valence-electron chi connectivity index (χ0n) is 20.1. The third kappa shape index (κ3) is 4.35. The summed E-state index contributed by atoms with van der Waals surface area (Å²) in [5.41, 5.74) is 1.65.